The molecule has 0 bridgehead atoms. The summed E-state index contributed by atoms with van der Waals surface area (Å²) in [6.45, 7) is 3.66. The lowest BCUT2D eigenvalue weighted by Crippen LogP contribution is -2.58. The number of nitrogens with one attached hydrogen (secondary N) is 3. The molecule has 11 nitrogen and oxygen atoms in total. The highest BCUT2D eigenvalue weighted by molar-refractivity contribution is 7.98. The average Bonchev–Trinajstić information content (AvgIpc) is 2.92. The van der Waals surface area contributed by atoms with Crippen LogP contribution >= 0.6 is 11.8 Å². The lowest BCUT2D eigenvalue weighted by atomic mass is 10.0. The first-order chi connectivity index (χ1) is 19.4. The van der Waals surface area contributed by atoms with Gasteiger partial charge in [-0.3, -0.25) is 14.4 Å². The zero-order valence-electron chi connectivity index (χ0n) is 23.5. The molecule has 3 amide bonds. The maximum Gasteiger partial charge on any atom is 0.326 e. The average molecular weight is 589 g/mol. The Bertz CT molecular complexity index is 1160. The van der Waals surface area contributed by atoms with Crippen molar-refractivity contribution >= 4 is 35.5 Å². The molecule has 4 atom stereocenters. The van der Waals surface area contributed by atoms with E-state index in [1.54, 1.807) is 24.3 Å². The second kappa shape index (κ2) is 16.5. The first kappa shape index (κ1) is 33.4. The summed E-state index contributed by atoms with van der Waals surface area (Å²) in [5, 5.41) is 36.8. The fourth-order valence-corrected chi connectivity index (χ4v) is 4.54. The number of amides is 3. The highest BCUT2D eigenvalue weighted by atomic mass is 32.2. The van der Waals surface area contributed by atoms with Gasteiger partial charge < -0.3 is 37.0 Å². The number of hydrogen-bond donors (Lipinski definition) is 7. The number of carbonyl (C=O) groups excluding carboxylic acids is 3. The minimum absolute atomic E-state index is 0.00101. The second-order valence-electron chi connectivity index (χ2n) is 10.3. The fraction of sp³-hybridized carbons (Fsp3) is 0.448. The van der Waals surface area contributed by atoms with E-state index in [4.69, 9.17) is 5.73 Å². The third-order valence-corrected chi connectivity index (χ3v) is 6.95. The Morgan fingerprint density at radius 3 is 1.56 bits per heavy atom. The van der Waals surface area contributed by atoms with E-state index >= 15 is 0 Å². The molecule has 8 N–H and O–H groups in total. The van der Waals surface area contributed by atoms with E-state index in [0.717, 1.165) is 0 Å². The van der Waals surface area contributed by atoms with Crippen LogP contribution in [0.5, 0.6) is 11.5 Å². The fourth-order valence-electron chi connectivity index (χ4n) is 4.05. The number of aliphatic carboxylic acids is 1. The summed E-state index contributed by atoms with van der Waals surface area (Å²) in [4.78, 5) is 51.6. The maximum atomic E-state index is 13.6. The van der Waals surface area contributed by atoms with E-state index in [9.17, 15) is 34.5 Å². The van der Waals surface area contributed by atoms with E-state index in [1.807, 2.05) is 20.1 Å². The highest BCUT2D eigenvalue weighted by Gasteiger charge is 2.31. The number of carboxylic acids is 1. The van der Waals surface area contributed by atoms with Gasteiger partial charge in [-0.1, -0.05) is 38.1 Å². The summed E-state index contributed by atoms with van der Waals surface area (Å²) in [7, 11) is 0. The van der Waals surface area contributed by atoms with Crippen molar-refractivity contribution in [3.8, 4) is 11.5 Å². The summed E-state index contributed by atoms with van der Waals surface area (Å²) >= 11 is 1.54. The van der Waals surface area contributed by atoms with E-state index < -0.39 is 47.9 Å². The van der Waals surface area contributed by atoms with Gasteiger partial charge in [0.2, 0.25) is 17.7 Å². The van der Waals surface area contributed by atoms with Crippen LogP contribution in [-0.2, 0) is 32.0 Å². The largest absolute Gasteiger partial charge is 0.508 e. The molecule has 2 aromatic carbocycles. The third-order valence-electron chi connectivity index (χ3n) is 6.31. The third kappa shape index (κ3) is 11.7. The standard InChI is InChI=1S/C29H40N4O7S/c1-17(2)14-25(29(39)40)33-28(38)24(16-19-6-10-21(35)11-7-19)32-27(37)23(15-18-4-8-20(34)9-5-18)31-26(36)22(30)12-13-41-3/h4-11,17,22-25,34-35H,12-16,30H2,1-3H3,(H,31,36)(H,32,37)(H,33,38)(H,39,40)/t22-,23-,24-,25-/m0/s1. The number of aromatic hydroxyl groups is 2. The minimum Gasteiger partial charge on any atom is -0.508 e. The van der Waals surface area contributed by atoms with E-state index in [-0.39, 0.29) is 36.7 Å². The van der Waals surface area contributed by atoms with E-state index in [0.29, 0.717) is 23.3 Å². The number of phenolic OH excluding ortho intramolecular Hbond substituents is 2. The Labute approximate surface area is 244 Å². The molecule has 0 heterocycles. The number of carbonyl (C=O) groups is 4. The molecule has 0 aliphatic carbocycles. The van der Waals surface area contributed by atoms with Crippen LogP contribution in [-0.4, -0.2) is 75.2 Å². The summed E-state index contributed by atoms with van der Waals surface area (Å²) in [5.74, 6) is -2.39. The van der Waals surface area contributed by atoms with Crippen LogP contribution in [0.15, 0.2) is 48.5 Å². The zero-order chi connectivity index (χ0) is 30.5. The van der Waals surface area contributed by atoms with Crippen molar-refractivity contribution in [3.05, 3.63) is 59.7 Å². The Balaban J connectivity index is 2.33. The predicted molar refractivity (Wildman–Crippen MR) is 157 cm³/mol. The maximum absolute atomic E-state index is 13.6. The number of carboxylic acid groups (broad SMARTS) is 1. The molecule has 0 unspecified atom stereocenters. The lowest BCUT2D eigenvalue weighted by molar-refractivity contribution is -0.142. The van der Waals surface area contributed by atoms with Gasteiger partial charge in [0.25, 0.3) is 0 Å². The molecule has 0 fully saturated rings. The normalized spacial score (nSPS) is 14.0. The Hall–Kier alpha value is -3.77. The van der Waals surface area contributed by atoms with E-state index in [2.05, 4.69) is 16.0 Å². The van der Waals surface area contributed by atoms with Gasteiger partial charge in [0, 0.05) is 12.8 Å². The zero-order valence-corrected chi connectivity index (χ0v) is 24.3. The van der Waals surface area contributed by atoms with Gasteiger partial charge in [0.15, 0.2) is 0 Å². The number of thioether (sulfide) groups is 1. The lowest BCUT2D eigenvalue weighted by Gasteiger charge is -2.26. The van der Waals surface area contributed by atoms with Gasteiger partial charge >= 0.3 is 5.97 Å². The molecule has 0 aromatic heterocycles. The summed E-state index contributed by atoms with van der Waals surface area (Å²) in [5.41, 5.74) is 7.27. The summed E-state index contributed by atoms with van der Waals surface area (Å²) < 4.78 is 0. The summed E-state index contributed by atoms with van der Waals surface area (Å²) in [6, 6.07) is 7.87. The molecule has 0 aliphatic heterocycles. The van der Waals surface area contributed by atoms with Crippen LogP contribution in [0.2, 0.25) is 0 Å². The highest BCUT2D eigenvalue weighted by Crippen LogP contribution is 2.14. The number of phenols is 2. The number of hydrogen-bond acceptors (Lipinski definition) is 8. The SMILES string of the molecule is CSCC[C@H](N)C(=O)N[C@@H](Cc1ccc(O)cc1)C(=O)N[C@@H](Cc1ccc(O)cc1)C(=O)N[C@@H](CC(C)C)C(=O)O. The number of nitrogens with two attached hydrogens (primary N) is 1. The van der Waals surface area contributed by atoms with Crippen LogP contribution < -0.4 is 21.7 Å². The van der Waals surface area contributed by atoms with Gasteiger partial charge in [-0.25, -0.2) is 4.79 Å². The molecule has 12 heteroatoms. The smallest absolute Gasteiger partial charge is 0.326 e. The van der Waals surface area contributed by atoms with E-state index in [1.165, 1.54) is 36.0 Å². The monoisotopic (exact) mass is 588 g/mol. The molecule has 0 saturated carbocycles. The molecule has 224 valence electrons. The topological polar surface area (TPSA) is 191 Å². The minimum atomic E-state index is -1.20. The number of benzene rings is 2. The van der Waals surface area contributed by atoms with Crippen LogP contribution in [0.25, 0.3) is 0 Å². The van der Waals surface area contributed by atoms with Crippen molar-refractivity contribution in [2.75, 3.05) is 12.0 Å². The van der Waals surface area contributed by atoms with Crippen LogP contribution in [0.3, 0.4) is 0 Å². The Morgan fingerprint density at radius 2 is 1.17 bits per heavy atom. The van der Waals surface area contributed by atoms with Gasteiger partial charge in [0.1, 0.15) is 29.6 Å². The van der Waals surface area contributed by atoms with Crippen molar-refractivity contribution in [3.63, 3.8) is 0 Å². The van der Waals surface area contributed by atoms with Crippen molar-refractivity contribution < 1.29 is 34.5 Å². The van der Waals surface area contributed by atoms with Crippen molar-refractivity contribution in [1.82, 2.24) is 16.0 Å². The molecule has 2 aromatic rings. The molecule has 0 spiro atoms. The Morgan fingerprint density at radius 1 is 0.756 bits per heavy atom. The molecule has 0 saturated heterocycles. The van der Waals surface area contributed by atoms with Crippen molar-refractivity contribution in [2.45, 2.75) is 63.7 Å². The second-order valence-corrected chi connectivity index (χ2v) is 11.3. The Kier molecular flexibility index (Phi) is 13.4. The number of rotatable bonds is 16. The molecular formula is C29H40N4O7S. The van der Waals surface area contributed by atoms with Gasteiger partial charge in [0.05, 0.1) is 6.04 Å². The molecule has 0 radical (unpaired) electrons. The molecule has 0 aliphatic rings. The van der Waals surface area contributed by atoms with Gasteiger partial charge in [-0.2, -0.15) is 11.8 Å². The van der Waals surface area contributed by atoms with Gasteiger partial charge in [-0.05, 0) is 66.2 Å². The van der Waals surface area contributed by atoms with Gasteiger partial charge in [-0.15, -0.1) is 0 Å². The predicted octanol–water partition coefficient (Wildman–Crippen LogP) is 1.55. The summed E-state index contributed by atoms with van der Waals surface area (Å²) in [6.07, 6.45) is 2.53. The first-order valence-corrected chi connectivity index (χ1v) is 14.7. The first-order valence-electron chi connectivity index (χ1n) is 13.3. The quantitative estimate of drug-likeness (QED) is 0.152. The van der Waals surface area contributed by atoms with Crippen molar-refractivity contribution in [1.29, 1.82) is 0 Å². The molecular weight excluding hydrogens is 548 g/mol. The molecule has 2 rings (SSSR count). The molecule has 41 heavy (non-hydrogen) atoms. The van der Waals surface area contributed by atoms with Crippen molar-refractivity contribution in [2.24, 2.45) is 11.7 Å². The van der Waals surface area contributed by atoms with Crippen LogP contribution in [0, 0.1) is 5.92 Å². The van der Waals surface area contributed by atoms with Crippen LogP contribution in [0.1, 0.15) is 37.8 Å². The van der Waals surface area contributed by atoms with Crippen LogP contribution in [0.4, 0.5) is 0 Å².